The van der Waals surface area contributed by atoms with Crippen molar-refractivity contribution in [3.8, 4) is 6.07 Å². The molecule has 0 spiro atoms. The molecule has 0 atom stereocenters. The third kappa shape index (κ3) is 2.88. The van der Waals surface area contributed by atoms with E-state index in [-0.39, 0.29) is 24.2 Å². The Kier molecular flexibility index (Phi) is 3.80. The van der Waals surface area contributed by atoms with Crippen molar-refractivity contribution >= 4 is 5.91 Å². The van der Waals surface area contributed by atoms with E-state index in [1.807, 2.05) is 0 Å². The average Bonchev–Trinajstić information content (AvgIpc) is 2.36. The number of amides is 1. The van der Waals surface area contributed by atoms with Gasteiger partial charge in [-0.2, -0.15) is 5.26 Å². The number of halogens is 2. The Hall–Kier alpha value is -1.18. The minimum Gasteiger partial charge on any atom is -0.342 e. The van der Waals surface area contributed by atoms with Crippen molar-refractivity contribution in [1.82, 2.24) is 4.90 Å². The summed E-state index contributed by atoms with van der Waals surface area (Å²) in [6, 6.07) is 2.23. The van der Waals surface area contributed by atoms with Crippen molar-refractivity contribution in [2.24, 2.45) is 11.3 Å². The Morgan fingerprint density at radius 1 is 1.37 bits per heavy atom. The first-order valence-electron chi connectivity index (χ1n) is 6.95. The van der Waals surface area contributed by atoms with Crippen LogP contribution in [0.4, 0.5) is 8.78 Å². The molecule has 19 heavy (non-hydrogen) atoms. The minimum atomic E-state index is -2.63. The number of likely N-dealkylation sites (tertiary alicyclic amines) is 1. The predicted octanol–water partition coefficient (Wildman–Crippen LogP) is 2.96. The van der Waals surface area contributed by atoms with Gasteiger partial charge < -0.3 is 4.90 Å². The molecular formula is C14H20F2N2O. The molecule has 0 N–H and O–H groups in total. The number of rotatable bonds is 3. The summed E-state index contributed by atoms with van der Waals surface area (Å²) in [5.41, 5.74) is 0.0229. The summed E-state index contributed by atoms with van der Waals surface area (Å²) in [7, 11) is 0. The van der Waals surface area contributed by atoms with Crippen molar-refractivity contribution < 1.29 is 13.6 Å². The minimum absolute atomic E-state index is 0.0229. The molecule has 3 nitrogen and oxygen atoms in total. The molecule has 2 aliphatic rings. The van der Waals surface area contributed by atoms with Gasteiger partial charge in [-0.1, -0.05) is 6.92 Å². The second kappa shape index (κ2) is 5.07. The number of piperidine rings is 1. The van der Waals surface area contributed by atoms with Gasteiger partial charge >= 0.3 is 0 Å². The van der Waals surface area contributed by atoms with Gasteiger partial charge in [0.1, 0.15) is 0 Å². The highest BCUT2D eigenvalue weighted by Crippen LogP contribution is 2.44. The van der Waals surface area contributed by atoms with E-state index in [1.165, 1.54) is 0 Å². The van der Waals surface area contributed by atoms with Crippen molar-refractivity contribution in [3.05, 3.63) is 0 Å². The fourth-order valence-corrected chi connectivity index (χ4v) is 3.12. The number of nitrogens with zero attached hydrogens (tertiary/aromatic N) is 2. The molecule has 1 saturated heterocycles. The Morgan fingerprint density at radius 3 is 2.37 bits per heavy atom. The van der Waals surface area contributed by atoms with Crippen LogP contribution in [-0.4, -0.2) is 29.8 Å². The molecule has 2 fully saturated rings. The van der Waals surface area contributed by atoms with E-state index in [9.17, 15) is 13.6 Å². The highest BCUT2D eigenvalue weighted by molar-refractivity contribution is 5.80. The van der Waals surface area contributed by atoms with Crippen LogP contribution in [0.25, 0.3) is 0 Å². The van der Waals surface area contributed by atoms with Crippen molar-refractivity contribution in [3.63, 3.8) is 0 Å². The number of carbonyl (C=O) groups is 1. The lowest BCUT2D eigenvalue weighted by molar-refractivity contribution is -0.161. The Bertz CT molecular complexity index is 387. The van der Waals surface area contributed by atoms with Gasteiger partial charge in [0.25, 0.3) is 0 Å². The fraction of sp³-hybridized carbons (Fsp3) is 0.857. The van der Waals surface area contributed by atoms with Crippen LogP contribution < -0.4 is 0 Å². The van der Waals surface area contributed by atoms with Crippen LogP contribution in [0, 0.1) is 22.7 Å². The zero-order valence-electron chi connectivity index (χ0n) is 11.3. The number of nitriles is 1. The van der Waals surface area contributed by atoms with E-state index >= 15 is 0 Å². The van der Waals surface area contributed by atoms with E-state index in [4.69, 9.17) is 5.26 Å². The lowest BCUT2D eigenvalue weighted by atomic mass is 9.73. The zero-order chi connectivity index (χ0) is 14.1. The largest absolute Gasteiger partial charge is 0.342 e. The number of hydrogen-bond donors (Lipinski definition) is 0. The maximum atomic E-state index is 12.8. The number of alkyl halides is 2. The molecular weight excluding hydrogens is 250 g/mol. The van der Waals surface area contributed by atoms with Crippen LogP contribution in [0.2, 0.25) is 0 Å². The van der Waals surface area contributed by atoms with E-state index in [2.05, 4.69) is 13.0 Å². The van der Waals surface area contributed by atoms with Crippen molar-refractivity contribution in [2.75, 3.05) is 13.1 Å². The van der Waals surface area contributed by atoms with Crippen LogP contribution in [0.15, 0.2) is 0 Å². The molecule has 1 aliphatic heterocycles. The third-order valence-electron chi connectivity index (χ3n) is 4.78. The average molecular weight is 270 g/mol. The monoisotopic (exact) mass is 270 g/mol. The molecule has 0 aromatic carbocycles. The van der Waals surface area contributed by atoms with Gasteiger partial charge in [-0.3, -0.25) is 4.79 Å². The normalized spacial score (nSPS) is 25.5. The van der Waals surface area contributed by atoms with Gasteiger partial charge in [-0.15, -0.1) is 0 Å². The van der Waals surface area contributed by atoms with Gasteiger partial charge in [-0.25, -0.2) is 8.78 Å². The van der Waals surface area contributed by atoms with E-state index in [1.54, 1.807) is 4.90 Å². The van der Waals surface area contributed by atoms with Crippen LogP contribution in [0.3, 0.4) is 0 Å². The summed E-state index contributed by atoms with van der Waals surface area (Å²) >= 11 is 0. The maximum Gasteiger partial charge on any atom is 0.249 e. The van der Waals surface area contributed by atoms with E-state index in [0.717, 1.165) is 19.3 Å². The molecule has 5 heteroatoms. The lowest BCUT2D eigenvalue weighted by Gasteiger charge is -2.43. The molecule has 1 amide bonds. The van der Waals surface area contributed by atoms with Crippen LogP contribution >= 0.6 is 0 Å². The molecule has 2 rings (SSSR count). The predicted molar refractivity (Wildman–Crippen MR) is 66.4 cm³/mol. The summed E-state index contributed by atoms with van der Waals surface area (Å²) < 4.78 is 25.6. The second-order valence-electron chi connectivity index (χ2n) is 5.97. The first-order chi connectivity index (χ1) is 8.91. The van der Waals surface area contributed by atoms with E-state index in [0.29, 0.717) is 19.5 Å². The summed E-state index contributed by atoms with van der Waals surface area (Å²) in [6.07, 6.45) is 2.49. The Balaban J connectivity index is 1.87. The first kappa shape index (κ1) is 14.2. The molecule has 0 aromatic heterocycles. The molecule has 1 aliphatic carbocycles. The van der Waals surface area contributed by atoms with Crippen molar-refractivity contribution in [2.45, 2.75) is 51.4 Å². The van der Waals surface area contributed by atoms with E-state index < -0.39 is 11.8 Å². The molecule has 0 bridgehead atoms. The number of hydrogen-bond acceptors (Lipinski definition) is 2. The fourth-order valence-electron chi connectivity index (χ4n) is 3.12. The quantitative estimate of drug-likeness (QED) is 0.791. The lowest BCUT2D eigenvalue weighted by Crippen LogP contribution is -2.50. The molecule has 0 aromatic rings. The second-order valence-corrected chi connectivity index (χ2v) is 5.97. The van der Waals surface area contributed by atoms with Crippen molar-refractivity contribution in [1.29, 1.82) is 5.26 Å². The summed E-state index contributed by atoms with van der Waals surface area (Å²) in [5.74, 6) is -3.24. The maximum absolute atomic E-state index is 12.8. The summed E-state index contributed by atoms with van der Waals surface area (Å²) in [5, 5.41) is 8.87. The highest BCUT2D eigenvalue weighted by Gasteiger charge is 2.50. The Morgan fingerprint density at radius 2 is 1.95 bits per heavy atom. The van der Waals surface area contributed by atoms with Gasteiger partial charge in [0.15, 0.2) is 0 Å². The third-order valence-corrected chi connectivity index (χ3v) is 4.78. The van der Waals surface area contributed by atoms with Crippen LogP contribution in [0.5, 0.6) is 0 Å². The molecule has 1 saturated carbocycles. The van der Waals surface area contributed by atoms with Gasteiger partial charge in [0.2, 0.25) is 11.8 Å². The Labute approximate surface area is 112 Å². The molecule has 106 valence electrons. The topological polar surface area (TPSA) is 44.1 Å². The number of carbonyl (C=O) groups excluding carboxylic acids is 1. The summed E-state index contributed by atoms with van der Waals surface area (Å²) in [6.45, 7) is 3.29. The van der Waals surface area contributed by atoms with Gasteiger partial charge in [0.05, 0.1) is 6.07 Å². The smallest absolute Gasteiger partial charge is 0.249 e. The highest BCUT2D eigenvalue weighted by atomic mass is 19.3. The van der Waals surface area contributed by atoms with Gasteiger partial charge in [0, 0.05) is 38.3 Å². The summed E-state index contributed by atoms with van der Waals surface area (Å²) in [4.78, 5) is 13.8. The zero-order valence-corrected chi connectivity index (χ0v) is 11.3. The van der Waals surface area contributed by atoms with Crippen LogP contribution in [-0.2, 0) is 4.79 Å². The van der Waals surface area contributed by atoms with Crippen LogP contribution in [0.1, 0.15) is 45.4 Å². The standard InChI is InChI=1S/C14H20F2N2O/c1-2-13(3-6-17)4-7-18(8-5-13)12(19)11-9-14(15,16)10-11/h11H,2-5,7-10H2,1H3. The molecule has 1 heterocycles. The van der Waals surface area contributed by atoms with Gasteiger partial charge in [-0.05, 0) is 24.7 Å². The molecule has 0 radical (unpaired) electrons. The molecule has 0 unspecified atom stereocenters. The first-order valence-corrected chi connectivity index (χ1v) is 6.95. The SMILES string of the molecule is CCC1(CC#N)CCN(C(=O)C2CC(F)(F)C2)CC1.